The quantitative estimate of drug-likeness (QED) is 0.351. The van der Waals surface area contributed by atoms with Gasteiger partial charge in [-0.15, -0.1) is 12.3 Å². The standard InChI is InChI=1S/C8H12O5/c1-2-3-4-5(9)6(10)7(11)8(12)13-4/h1,4-12H,3H2/t4-,5+,6+,7-,8+/m0/s1. The third-order valence-corrected chi connectivity index (χ3v) is 2.01. The molecule has 0 aromatic heterocycles. The number of aliphatic hydroxyl groups excluding tert-OH is 4. The summed E-state index contributed by atoms with van der Waals surface area (Å²) in [5.41, 5.74) is 0. The van der Waals surface area contributed by atoms with E-state index in [4.69, 9.17) is 21.4 Å². The molecule has 1 heterocycles. The molecule has 0 amide bonds. The summed E-state index contributed by atoms with van der Waals surface area (Å²) in [4.78, 5) is 0. The van der Waals surface area contributed by atoms with Crippen LogP contribution in [0.4, 0.5) is 0 Å². The Morgan fingerprint density at radius 2 is 1.69 bits per heavy atom. The molecule has 1 fully saturated rings. The zero-order valence-corrected chi connectivity index (χ0v) is 6.87. The van der Waals surface area contributed by atoms with Crippen LogP contribution >= 0.6 is 0 Å². The lowest BCUT2D eigenvalue weighted by atomic mass is 9.97. The van der Waals surface area contributed by atoms with E-state index < -0.39 is 30.7 Å². The van der Waals surface area contributed by atoms with E-state index in [1.54, 1.807) is 0 Å². The molecule has 0 bridgehead atoms. The second-order valence-corrected chi connectivity index (χ2v) is 2.95. The first kappa shape index (κ1) is 10.4. The number of ether oxygens (including phenoxy) is 1. The fourth-order valence-electron chi connectivity index (χ4n) is 1.22. The summed E-state index contributed by atoms with van der Waals surface area (Å²) in [6, 6.07) is 0. The van der Waals surface area contributed by atoms with Gasteiger partial charge in [-0.1, -0.05) is 0 Å². The first-order valence-corrected chi connectivity index (χ1v) is 3.89. The molecule has 0 radical (unpaired) electrons. The van der Waals surface area contributed by atoms with Gasteiger partial charge in [-0.25, -0.2) is 0 Å². The highest BCUT2D eigenvalue weighted by Gasteiger charge is 2.42. The Kier molecular flexibility index (Phi) is 3.25. The lowest BCUT2D eigenvalue weighted by Crippen LogP contribution is -2.57. The lowest BCUT2D eigenvalue weighted by molar-refractivity contribution is -0.280. The van der Waals surface area contributed by atoms with E-state index in [1.807, 2.05) is 0 Å². The zero-order valence-electron chi connectivity index (χ0n) is 6.87. The lowest BCUT2D eigenvalue weighted by Gasteiger charge is -2.37. The molecule has 74 valence electrons. The second kappa shape index (κ2) is 4.05. The minimum Gasteiger partial charge on any atom is -0.388 e. The molecule has 4 N–H and O–H groups in total. The van der Waals surface area contributed by atoms with Gasteiger partial charge in [0.2, 0.25) is 0 Å². The molecule has 5 heteroatoms. The Hall–Kier alpha value is -0.640. The van der Waals surface area contributed by atoms with Crippen LogP contribution in [0.5, 0.6) is 0 Å². The molecule has 1 aliphatic rings. The van der Waals surface area contributed by atoms with Crippen LogP contribution in [0.3, 0.4) is 0 Å². The summed E-state index contributed by atoms with van der Waals surface area (Å²) in [5.74, 6) is 2.23. The Morgan fingerprint density at radius 1 is 1.08 bits per heavy atom. The van der Waals surface area contributed by atoms with Crippen molar-refractivity contribution in [1.29, 1.82) is 0 Å². The van der Waals surface area contributed by atoms with E-state index in [0.29, 0.717) is 0 Å². The number of aliphatic hydroxyl groups is 4. The summed E-state index contributed by atoms with van der Waals surface area (Å²) in [6.07, 6.45) is -1.48. The van der Waals surface area contributed by atoms with Crippen molar-refractivity contribution in [3.63, 3.8) is 0 Å². The van der Waals surface area contributed by atoms with Gasteiger partial charge in [0.15, 0.2) is 6.29 Å². The zero-order chi connectivity index (χ0) is 10.0. The summed E-state index contributed by atoms with van der Waals surface area (Å²) in [6.45, 7) is 0. The van der Waals surface area contributed by atoms with Crippen LogP contribution in [0.2, 0.25) is 0 Å². The van der Waals surface area contributed by atoms with Gasteiger partial charge in [0.1, 0.15) is 24.4 Å². The normalized spacial score (nSPS) is 45.6. The van der Waals surface area contributed by atoms with Crippen molar-refractivity contribution < 1.29 is 25.2 Å². The molecule has 5 atom stereocenters. The highest BCUT2D eigenvalue weighted by molar-refractivity contribution is 4.96. The summed E-state index contributed by atoms with van der Waals surface area (Å²) in [7, 11) is 0. The molecule has 1 rings (SSSR count). The number of hydrogen-bond acceptors (Lipinski definition) is 5. The van der Waals surface area contributed by atoms with E-state index in [9.17, 15) is 10.2 Å². The fourth-order valence-corrected chi connectivity index (χ4v) is 1.22. The maximum absolute atomic E-state index is 9.32. The molecule has 1 aliphatic heterocycles. The highest BCUT2D eigenvalue weighted by atomic mass is 16.6. The maximum Gasteiger partial charge on any atom is 0.183 e. The molecule has 0 spiro atoms. The van der Waals surface area contributed by atoms with Crippen molar-refractivity contribution in [1.82, 2.24) is 0 Å². The third kappa shape index (κ3) is 1.99. The first-order valence-electron chi connectivity index (χ1n) is 3.89. The van der Waals surface area contributed by atoms with Crippen molar-refractivity contribution in [3.05, 3.63) is 0 Å². The Labute approximate surface area is 75.6 Å². The largest absolute Gasteiger partial charge is 0.388 e. The number of hydrogen-bond donors (Lipinski definition) is 4. The average molecular weight is 188 g/mol. The van der Waals surface area contributed by atoms with Gasteiger partial charge in [0.25, 0.3) is 0 Å². The van der Waals surface area contributed by atoms with E-state index in [1.165, 1.54) is 0 Å². The Bertz CT molecular complexity index is 211. The van der Waals surface area contributed by atoms with Gasteiger partial charge in [0, 0.05) is 6.42 Å². The van der Waals surface area contributed by atoms with Crippen LogP contribution in [0.25, 0.3) is 0 Å². The molecule has 0 aliphatic carbocycles. The number of rotatable bonds is 1. The van der Waals surface area contributed by atoms with Crippen molar-refractivity contribution in [2.45, 2.75) is 37.1 Å². The van der Waals surface area contributed by atoms with Gasteiger partial charge < -0.3 is 25.2 Å². The van der Waals surface area contributed by atoms with Gasteiger partial charge >= 0.3 is 0 Å². The minimum atomic E-state index is -1.50. The third-order valence-electron chi connectivity index (χ3n) is 2.01. The number of terminal acetylenes is 1. The molecule has 5 nitrogen and oxygen atoms in total. The molecular weight excluding hydrogens is 176 g/mol. The SMILES string of the molecule is C#CC[C@@H]1O[C@@H](O)[C@@H](O)[C@H](O)[C@@H]1O. The van der Waals surface area contributed by atoms with E-state index in [2.05, 4.69) is 5.92 Å². The van der Waals surface area contributed by atoms with Crippen molar-refractivity contribution >= 4 is 0 Å². The maximum atomic E-state index is 9.32. The first-order chi connectivity index (χ1) is 6.07. The van der Waals surface area contributed by atoms with Gasteiger partial charge in [-0.2, -0.15) is 0 Å². The molecule has 0 aromatic rings. The molecule has 13 heavy (non-hydrogen) atoms. The predicted octanol–water partition coefficient (Wildman–Crippen LogP) is -2.19. The van der Waals surface area contributed by atoms with E-state index >= 15 is 0 Å². The summed E-state index contributed by atoms with van der Waals surface area (Å²) < 4.78 is 4.77. The molecule has 0 unspecified atom stereocenters. The predicted molar refractivity (Wildman–Crippen MR) is 42.4 cm³/mol. The average Bonchev–Trinajstić information content (AvgIpc) is 2.11. The van der Waals surface area contributed by atoms with Crippen LogP contribution in [0, 0.1) is 12.3 Å². The van der Waals surface area contributed by atoms with Crippen LogP contribution in [-0.4, -0.2) is 51.1 Å². The molecule has 1 saturated heterocycles. The van der Waals surface area contributed by atoms with Crippen molar-refractivity contribution in [3.8, 4) is 12.3 Å². The molecule has 0 saturated carbocycles. The smallest absolute Gasteiger partial charge is 0.183 e. The summed E-state index contributed by atoms with van der Waals surface area (Å²) >= 11 is 0. The second-order valence-electron chi connectivity index (χ2n) is 2.95. The van der Waals surface area contributed by atoms with Crippen molar-refractivity contribution in [2.24, 2.45) is 0 Å². The van der Waals surface area contributed by atoms with Crippen LogP contribution in [-0.2, 0) is 4.74 Å². The Morgan fingerprint density at radius 3 is 2.23 bits per heavy atom. The van der Waals surface area contributed by atoms with Gasteiger partial charge in [-0.05, 0) is 0 Å². The van der Waals surface area contributed by atoms with Crippen LogP contribution in [0.15, 0.2) is 0 Å². The molecule has 0 aromatic carbocycles. The fraction of sp³-hybridized carbons (Fsp3) is 0.750. The van der Waals surface area contributed by atoms with E-state index in [0.717, 1.165) is 0 Å². The van der Waals surface area contributed by atoms with E-state index in [-0.39, 0.29) is 6.42 Å². The van der Waals surface area contributed by atoms with Gasteiger partial charge in [0.05, 0.1) is 0 Å². The monoisotopic (exact) mass is 188 g/mol. The van der Waals surface area contributed by atoms with Crippen molar-refractivity contribution in [2.75, 3.05) is 0 Å². The molecular formula is C8H12O5. The Balaban J connectivity index is 2.65. The van der Waals surface area contributed by atoms with Gasteiger partial charge in [-0.3, -0.25) is 0 Å². The summed E-state index contributed by atoms with van der Waals surface area (Å²) in [5, 5.41) is 36.6. The highest BCUT2D eigenvalue weighted by Crippen LogP contribution is 2.21. The van der Waals surface area contributed by atoms with Crippen LogP contribution < -0.4 is 0 Å². The minimum absolute atomic E-state index is 0.0714. The topological polar surface area (TPSA) is 90.2 Å². The van der Waals surface area contributed by atoms with Crippen LogP contribution in [0.1, 0.15) is 6.42 Å².